The third-order valence-electron chi connectivity index (χ3n) is 3.64. The van der Waals surface area contributed by atoms with E-state index in [-0.39, 0.29) is 18.8 Å². The summed E-state index contributed by atoms with van der Waals surface area (Å²) < 4.78 is 52.1. The molecule has 2 rings (SSSR count). The summed E-state index contributed by atoms with van der Waals surface area (Å²) in [5.74, 6) is -0.910. The molecule has 0 saturated carbocycles. The van der Waals surface area contributed by atoms with Gasteiger partial charge in [0.1, 0.15) is 5.82 Å². The molecule has 0 atom stereocenters. The van der Waals surface area contributed by atoms with Gasteiger partial charge in [0.2, 0.25) is 5.91 Å². The first kappa shape index (κ1) is 19.2. The van der Waals surface area contributed by atoms with E-state index in [1.807, 2.05) is 0 Å². The predicted octanol–water partition coefficient (Wildman–Crippen LogP) is 4.18. The number of hydrogen-bond acceptors (Lipinski definition) is 3. The second kappa shape index (κ2) is 7.87. The van der Waals surface area contributed by atoms with Gasteiger partial charge in [0, 0.05) is 17.9 Å². The van der Waals surface area contributed by atoms with E-state index >= 15 is 0 Å². The van der Waals surface area contributed by atoms with Crippen molar-refractivity contribution >= 4 is 17.3 Å². The van der Waals surface area contributed by atoms with Crippen molar-refractivity contribution in [1.29, 1.82) is 5.26 Å². The van der Waals surface area contributed by atoms with Gasteiger partial charge in [0.25, 0.3) is 0 Å². The smallest absolute Gasteiger partial charge is 0.362 e. The largest absolute Gasteiger partial charge is 0.417 e. The molecule has 0 aliphatic rings. The molecule has 1 N–H and O–H groups in total. The molecule has 0 bridgehead atoms. The Bertz CT molecular complexity index is 826. The third kappa shape index (κ3) is 4.72. The highest BCUT2D eigenvalue weighted by Crippen LogP contribution is 2.34. The van der Waals surface area contributed by atoms with Gasteiger partial charge in [0.15, 0.2) is 0 Å². The Hall–Kier alpha value is -3.08. The number of carbonyl (C=O) groups is 1. The van der Waals surface area contributed by atoms with E-state index in [0.717, 1.165) is 12.1 Å². The minimum absolute atomic E-state index is 0.174. The van der Waals surface area contributed by atoms with Crippen LogP contribution < -0.4 is 10.2 Å². The fourth-order valence-electron chi connectivity index (χ4n) is 2.35. The van der Waals surface area contributed by atoms with Crippen molar-refractivity contribution in [2.24, 2.45) is 0 Å². The Balaban J connectivity index is 2.19. The van der Waals surface area contributed by atoms with Crippen LogP contribution in [0.2, 0.25) is 0 Å². The van der Waals surface area contributed by atoms with Crippen LogP contribution in [0.3, 0.4) is 0 Å². The molecule has 2 aromatic rings. The maximum absolute atomic E-state index is 13.1. The van der Waals surface area contributed by atoms with Crippen LogP contribution in [0.25, 0.3) is 0 Å². The Kier molecular flexibility index (Phi) is 5.82. The molecular weight excluding hydrogens is 350 g/mol. The Morgan fingerprint density at radius 3 is 2.38 bits per heavy atom. The zero-order chi connectivity index (χ0) is 19.3. The average Bonchev–Trinajstić information content (AvgIpc) is 2.60. The summed E-state index contributed by atoms with van der Waals surface area (Å²) in [4.78, 5) is 13.6. The second-order valence-corrected chi connectivity index (χ2v) is 5.41. The third-order valence-corrected chi connectivity index (χ3v) is 3.64. The number of nitrogens with one attached hydrogen (secondary N) is 1. The number of benzene rings is 2. The van der Waals surface area contributed by atoms with Crippen molar-refractivity contribution in [2.75, 3.05) is 23.3 Å². The zero-order valence-electron chi connectivity index (χ0n) is 13.8. The number of likely N-dealkylation sites (N-methyl/N-ethyl adjacent to an activating group) is 1. The summed E-state index contributed by atoms with van der Waals surface area (Å²) in [5, 5.41) is 11.4. The highest BCUT2D eigenvalue weighted by atomic mass is 19.4. The van der Waals surface area contributed by atoms with Gasteiger partial charge in [-0.25, -0.2) is 4.39 Å². The first-order chi connectivity index (χ1) is 12.2. The van der Waals surface area contributed by atoms with Crippen molar-refractivity contribution in [3.05, 3.63) is 59.4 Å². The zero-order valence-corrected chi connectivity index (χ0v) is 13.8. The molecule has 0 heterocycles. The highest BCUT2D eigenvalue weighted by molar-refractivity contribution is 5.94. The fourth-order valence-corrected chi connectivity index (χ4v) is 2.35. The molecule has 26 heavy (non-hydrogen) atoms. The maximum atomic E-state index is 13.1. The molecule has 8 heteroatoms. The molecule has 2 aromatic carbocycles. The lowest BCUT2D eigenvalue weighted by molar-refractivity contribution is -0.137. The molecule has 0 aromatic heterocycles. The van der Waals surface area contributed by atoms with E-state index in [0.29, 0.717) is 5.69 Å². The quantitative estimate of drug-likeness (QED) is 0.809. The molecule has 0 saturated heterocycles. The van der Waals surface area contributed by atoms with E-state index in [2.05, 4.69) is 5.32 Å². The SMILES string of the molecule is CCN(CC(=O)Nc1ccc(F)cc1)c1ccc(C#N)c(C(F)(F)F)c1. The first-order valence-electron chi connectivity index (χ1n) is 7.66. The summed E-state index contributed by atoms with van der Waals surface area (Å²) in [5.41, 5.74) is -0.973. The number of rotatable bonds is 5. The number of carbonyl (C=O) groups excluding carboxylic acids is 1. The van der Waals surface area contributed by atoms with Crippen LogP contribution in [0.15, 0.2) is 42.5 Å². The minimum Gasteiger partial charge on any atom is -0.362 e. The van der Waals surface area contributed by atoms with Crippen LogP contribution in [-0.4, -0.2) is 19.0 Å². The van der Waals surface area contributed by atoms with Crippen molar-refractivity contribution in [3.63, 3.8) is 0 Å². The van der Waals surface area contributed by atoms with Crippen LogP contribution in [0.1, 0.15) is 18.1 Å². The number of hydrogen-bond donors (Lipinski definition) is 1. The summed E-state index contributed by atoms with van der Waals surface area (Å²) in [6, 6.07) is 9.95. The molecular formula is C18H15F4N3O. The number of alkyl halides is 3. The Morgan fingerprint density at radius 1 is 1.19 bits per heavy atom. The Morgan fingerprint density at radius 2 is 1.85 bits per heavy atom. The van der Waals surface area contributed by atoms with Crippen molar-refractivity contribution in [1.82, 2.24) is 0 Å². The molecule has 0 fully saturated rings. The van der Waals surface area contributed by atoms with Gasteiger partial charge < -0.3 is 10.2 Å². The van der Waals surface area contributed by atoms with Gasteiger partial charge in [0.05, 0.1) is 23.7 Å². The van der Waals surface area contributed by atoms with E-state index in [4.69, 9.17) is 5.26 Å². The number of nitriles is 1. The average molecular weight is 365 g/mol. The monoisotopic (exact) mass is 365 g/mol. The molecule has 0 aliphatic heterocycles. The van der Waals surface area contributed by atoms with Crippen molar-refractivity contribution in [3.8, 4) is 6.07 Å². The van der Waals surface area contributed by atoms with E-state index in [1.54, 1.807) is 6.92 Å². The van der Waals surface area contributed by atoms with E-state index < -0.39 is 29.0 Å². The topological polar surface area (TPSA) is 56.1 Å². The molecule has 0 aliphatic carbocycles. The summed E-state index contributed by atoms with van der Waals surface area (Å²) >= 11 is 0. The Labute approximate surface area is 147 Å². The van der Waals surface area contributed by atoms with Gasteiger partial charge in [-0.1, -0.05) is 0 Å². The number of amides is 1. The molecule has 0 spiro atoms. The van der Waals surface area contributed by atoms with Gasteiger partial charge in [-0.05, 0) is 49.4 Å². The molecule has 0 unspecified atom stereocenters. The van der Waals surface area contributed by atoms with Crippen LogP contribution in [0.5, 0.6) is 0 Å². The van der Waals surface area contributed by atoms with Gasteiger partial charge in [-0.3, -0.25) is 4.79 Å². The van der Waals surface area contributed by atoms with Crippen LogP contribution >= 0.6 is 0 Å². The lowest BCUT2D eigenvalue weighted by Gasteiger charge is -2.24. The van der Waals surface area contributed by atoms with Gasteiger partial charge >= 0.3 is 6.18 Å². The molecule has 0 radical (unpaired) electrons. The maximum Gasteiger partial charge on any atom is 0.417 e. The molecule has 136 valence electrons. The van der Waals surface area contributed by atoms with E-state index in [1.165, 1.54) is 41.3 Å². The summed E-state index contributed by atoms with van der Waals surface area (Å²) in [6.07, 6.45) is -4.67. The van der Waals surface area contributed by atoms with Crippen LogP contribution in [0.4, 0.5) is 28.9 Å². The molecule has 1 amide bonds. The predicted molar refractivity (Wildman–Crippen MR) is 89.1 cm³/mol. The van der Waals surface area contributed by atoms with Crippen LogP contribution in [-0.2, 0) is 11.0 Å². The van der Waals surface area contributed by atoms with Crippen LogP contribution in [0, 0.1) is 17.1 Å². The fraction of sp³-hybridized carbons (Fsp3) is 0.222. The van der Waals surface area contributed by atoms with Crippen molar-refractivity contribution in [2.45, 2.75) is 13.1 Å². The number of halogens is 4. The summed E-state index contributed by atoms with van der Waals surface area (Å²) in [7, 11) is 0. The van der Waals surface area contributed by atoms with E-state index in [9.17, 15) is 22.4 Å². The van der Waals surface area contributed by atoms with Gasteiger partial charge in [-0.2, -0.15) is 18.4 Å². The lowest BCUT2D eigenvalue weighted by Crippen LogP contribution is -2.33. The number of nitrogens with zero attached hydrogens (tertiary/aromatic N) is 2. The minimum atomic E-state index is -4.67. The lowest BCUT2D eigenvalue weighted by atomic mass is 10.1. The first-order valence-corrected chi connectivity index (χ1v) is 7.66. The molecule has 4 nitrogen and oxygen atoms in total. The second-order valence-electron chi connectivity index (χ2n) is 5.41. The van der Waals surface area contributed by atoms with Crippen molar-refractivity contribution < 1.29 is 22.4 Å². The summed E-state index contributed by atoms with van der Waals surface area (Å²) in [6.45, 7) is 1.77. The highest BCUT2D eigenvalue weighted by Gasteiger charge is 2.34. The number of anilines is 2. The van der Waals surface area contributed by atoms with Gasteiger partial charge in [-0.15, -0.1) is 0 Å². The standard InChI is InChI=1S/C18H15F4N3O/c1-2-25(11-17(26)24-14-6-4-13(19)5-7-14)15-8-3-12(10-23)16(9-15)18(20,21)22/h3-9H,2,11H2,1H3,(H,24,26). The normalized spacial score (nSPS) is 10.9.